The molecule has 1 aromatic carbocycles. The largest absolute Gasteiger partial charge is 0.310 e. The van der Waals surface area contributed by atoms with Gasteiger partial charge in [-0.25, -0.2) is 8.42 Å². The van der Waals surface area contributed by atoms with E-state index in [2.05, 4.69) is 37.2 Å². The SMILES string of the molecule is O=S(=O)(c1ccc(Br)cc1Br)N1CCC2CCC(C1)N2. The zero-order valence-electron chi connectivity index (χ0n) is 10.9. The highest BCUT2D eigenvalue weighted by Gasteiger charge is 2.35. The van der Waals surface area contributed by atoms with Gasteiger partial charge in [0.15, 0.2) is 0 Å². The van der Waals surface area contributed by atoms with Crippen LogP contribution in [0.25, 0.3) is 0 Å². The quantitative estimate of drug-likeness (QED) is 0.795. The maximum absolute atomic E-state index is 12.8. The molecular formula is C13H16Br2N2O2S. The van der Waals surface area contributed by atoms with Crippen LogP contribution in [0.1, 0.15) is 19.3 Å². The van der Waals surface area contributed by atoms with Crippen LogP contribution >= 0.6 is 31.9 Å². The van der Waals surface area contributed by atoms with Crippen LogP contribution in [0.2, 0.25) is 0 Å². The van der Waals surface area contributed by atoms with Crippen LogP contribution in [-0.2, 0) is 10.0 Å². The number of nitrogens with zero attached hydrogens (tertiary/aromatic N) is 1. The van der Waals surface area contributed by atoms with Crippen molar-refractivity contribution in [2.24, 2.45) is 0 Å². The van der Waals surface area contributed by atoms with Crippen molar-refractivity contribution in [3.05, 3.63) is 27.1 Å². The van der Waals surface area contributed by atoms with Crippen LogP contribution in [0.3, 0.4) is 0 Å². The van der Waals surface area contributed by atoms with Gasteiger partial charge in [0.1, 0.15) is 0 Å². The second-order valence-electron chi connectivity index (χ2n) is 5.36. The molecule has 0 aromatic heterocycles. The predicted molar refractivity (Wildman–Crippen MR) is 85.2 cm³/mol. The van der Waals surface area contributed by atoms with E-state index in [1.54, 1.807) is 22.5 Å². The highest BCUT2D eigenvalue weighted by molar-refractivity contribution is 9.11. The molecule has 1 N–H and O–H groups in total. The third-order valence-corrected chi connectivity index (χ3v) is 7.33. The number of rotatable bonds is 2. The van der Waals surface area contributed by atoms with Gasteiger partial charge in [-0.05, 0) is 53.4 Å². The molecule has 0 amide bonds. The molecule has 110 valence electrons. The number of hydrogen-bond acceptors (Lipinski definition) is 3. The lowest BCUT2D eigenvalue weighted by Gasteiger charge is -2.24. The van der Waals surface area contributed by atoms with Gasteiger partial charge in [0.25, 0.3) is 0 Å². The Bertz CT molecular complexity index is 621. The lowest BCUT2D eigenvalue weighted by atomic mass is 10.1. The van der Waals surface area contributed by atoms with E-state index in [9.17, 15) is 8.42 Å². The van der Waals surface area contributed by atoms with Gasteiger partial charge in [0, 0.05) is 34.1 Å². The zero-order chi connectivity index (χ0) is 14.3. The third-order valence-electron chi connectivity index (χ3n) is 4.00. The van der Waals surface area contributed by atoms with E-state index < -0.39 is 10.0 Å². The first-order valence-corrected chi connectivity index (χ1v) is 9.70. The highest BCUT2D eigenvalue weighted by Crippen LogP contribution is 2.30. The molecule has 4 nitrogen and oxygen atoms in total. The predicted octanol–water partition coefficient (Wildman–Crippen LogP) is 2.73. The lowest BCUT2D eigenvalue weighted by Crippen LogP contribution is -2.39. The molecule has 20 heavy (non-hydrogen) atoms. The second-order valence-corrected chi connectivity index (χ2v) is 9.04. The molecule has 2 bridgehead atoms. The summed E-state index contributed by atoms with van der Waals surface area (Å²) in [6, 6.07) is 5.97. The molecule has 2 fully saturated rings. The molecule has 0 aliphatic carbocycles. The van der Waals surface area contributed by atoms with Crippen LogP contribution in [0.15, 0.2) is 32.0 Å². The van der Waals surface area contributed by atoms with Gasteiger partial charge in [0.05, 0.1) is 4.90 Å². The summed E-state index contributed by atoms with van der Waals surface area (Å²) in [5.41, 5.74) is 0. The highest BCUT2D eigenvalue weighted by atomic mass is 79.9. The molecular weight excluding hydrogens is 408 g/mol. The Kier molecular flexibility index (Phi) is 4.25. The van der Waals surface area contributed by atoms with E-state index >= 15 is 0 Å². The Hall–Kier alpha value is 0.0500. The molecule has 0 saturated carbocycles. The Morgan fingerprint density at radius 2 is 1.90 bits per heavy atom. The number of halogens is 2. The third kappa shape index (κ3) is 2.83. The summed E-state index contributed by atoms with van der Waals surface area (Å²) in [5, 5.41) is 3.50. The first-order valence-electron chi connectivity index (χ1n) is 6.68. The Balaban J connectivity index is 1.91. The van der Waals surface area contributed by atoms with E-state index in [-0.39, 0.29) is 0 Å². The van der Waals surface area contributed by atoms with Gasteiger partial charge in [-0.1, -0.05) is 15.9 Å². The van der Waals surface area contributed by atoms with E-state index in [1.807, 2.05) is 0 Å². The molecule has 1 aromatic rings. The van der Waals surface area contributed by atoms with Gasteiger partial charge in [-0.2, -0.15) is 4.31 Å². The summed E-state index contributed by atoms with van der Waals surface area (Å²) >= 11 is 6.71. The fourth-order valence-electron chi connectivity index (χ4n) is 2.95. The van der Waals surface area contributed by atoms with Crippen molar-refractivity contribution in [3.63, 3.8) is 0 Å². The van der Waals surface area contributed by atoms with Crippen LogP contribution in [0.5, 0.6) is 0 Å². The zero-order valence-corrected chi connectivity index (χ0v) is 14.8. The summed E-state index contributed by atoms with van der Waals surface area (Å²) in [6.07, 6.45) is 3.13. The molecule has 0 radical (unpaired) electrons. The van der Waals surface area contributed by atoms with Crippen LogP contribution in [-0.4, -0.2) is 37.9 Å². The van der Waals surface area contributed by atoms with E-state index in [4.69, 9.17) is 0 Å². The minimum Gasteiger partial charge on any atom is -0.310 e. The van der Waals surface area contributed by atoms with Gasteiger partial charge < -0.3 is 5.32 Å². The average molecular weight is 424 g/mol. The molecule has 2 atom stereocenters. The monoisotopic (exact) mass is 422 g/mol. The van der Waals surface area contributed by atoms with Crippen molar-refractivity contribution in [3.8, 4) is 0 Å². The Morgan fingerprint density at radius 1 is 1.15 bits per heavy atom. The molecule has 2 aliphatic rings. The molecule has 7 heteroatoms. The second kappa shape index (κ2) is 5.68. The summed E-state index contributed by atoms with van der Waals surface area (Å²) in [4.78, 5) is 0.346. The molecule has 0 spiro atoms. The molecule has 2 saturated heterocycles. The topological polar surface area (TPSA) is 49.4 Å². The number of fused-ring (bicyclic) bond motifs is 2. The Labute approximate surface area is 136 Å². The average Bonchev–Trinajstić information content (AvgIpc) is 2.67. The van der Waals surface area contributed by atoms with E-state index in [0.717, 1.165) is 17.3 Å². The maximum atomic E-state index is 12.8. The summed E-state index contributed by atoms with van der Waals surface area (Å²) < 4.78 is 28.7. The molecule has 2 unspecified atom stereocenters. The normalized spacial score (nSPS) is 27.5. The first-order chi connectivity index (χ1) is 9.46. The Morgan fingerprint density at radius 3 is 2.65 bits per heavy atom. The van der Waals surface area contributed by atoms with E-state index in [1.165, 1.54) is 6.42 Å². The van der Waals surface area contributed by atoms with Crippen molar-refractivity contribution in [2.75, 3.05) is 13.1 Å². The van der Waals surface area contributed by atoms with Crippen LogP contribution < -0.4 is 5.32 Å². The minimum atomic E-state index is -3.43. The first kappa shape index (κ1) is 15.0. The van der Waals surface area contributed by atoms with Crippen molar-refractivity contribution < 1.29 is 8.42 Å². The van der Waals surface area contributed by atoms with Crippen molar-refractivity contribution in [1.82, 2.24) is 9.62 Å². The summed E-state index contributed by atoms with van der Waals surface area (Å²) in [6.45, 7) is 1.17. The van der Waals surface area contributed by atoms with Gasteiger partial charge in [-0.3, -0.25) is 0 Å². The maximum Gasteiger partial charge on any atom is 0.244 e. The van der Waals surface area contributed by atoms with Crippen LogP contribution in [0.4, 0.5) is 0 Å². The fourth-order valence-corrected chi connectivity index (χ4v) is 6.16. The molecule has 3 rings (SSSR count). The number of benzene rings is 1. The smallest absolute Gasteiger partial charge is 0.244 e. The summed E-state index contributed by atoms with van der Waals surface area (Å²) in [5.74, 6) is 0. The minimum absolute atomic E-state index is 0.298. The lowest BCUT2D eigenvalue weighted by molar-refractivity contribution is 0.383. The number of hydrogen-bond donors (Lipinski definition) is 1. The van der Waals surface area contributed by atoms with E-state index in [0.29, 0.717) is 34.5 Å². The van der Waals surface area contributed by atoms with Crippen molar-refractivity contribution in [1.29, 1.82) is 0 Å². The van der Waals surface area contributed by atoms with Crippen molar-refractivity contribution >= 4 is 41.9 Å². The van der Waals surface area contributed by atoms with Crippen molar-refractivity contribution in [2.45, 2.75) is 36.2 Å². The summed E-state index contributed by atoms with van der Waals surface area (Å²) in [7, 11) is -3.43. The fraction of sp³-hybridized carbons (Fsp3) is 0.538. The number of sulfonamides is 1. The van der Waals surface area contributed by atoms with Gasteiger partial charge in [-0.15, -0.1) is 0 Å². The van der Waals surface area contributed by atoms with Gasteiger partial charge >= 0.3 is 0 Å². The molecule has 2 heterocycles. The number of nitrogens with one attached hydrogen (secondary N) is 1. The van der Waals surface area contributed by atoms with Crippen LogP contribution in [0, 0.1) is 0 Å². The molecule has 2 aliphatic heterocycles. The van der Waals surface area contributed by atoms with Gasteiger partial charge in [0.2, 0.25) is 10.0 Å². The standard InChI is InChI=1S/C13H16Br2N2O2S/c14-9-1-4-13(12(15)7-9)20(18,19)17-6-5-10-2-3-11(8-17)16-10/h1,4,7,10-11,16H,2-3,5-6,8H2.